The van der Waals surface area contributed by atoms with Crippen LogP contribution in [0.1, 0.15) is 0 Å². The lowest BCUT2D eigenvalue weighted by Gasteiger charge is -2.15. The van der Waals surface area contributed by atoms with E-state index in [-0.39, 0.29) is 10.2 Å². The molecule has 0 bridgehead atoms. The first-order chi connectivity index (χ1) is 8.30. The maximum absolute atomic E-state index is 12.2. The number of hydrogen-bond acceptors (Lipinski definition) is 4. The zero-order valence-electron chi connectivity index (χ0n) is 8.69. The van der Waals surface area contributed by atoms with Gasteiger partial charge in [0, 0.05) is 0 Å². The van der Waals surface area contributed by atoms with Crippen LogP contribution in [-0.4, -0.2) is 26.9 Å². The molecule has 0 spiro atoms. The SMILES string of the molecule is O=c1[nH]c(=O)n(CC(O)C(F)(F)F)c2sccc12. The zero-order valence-corrected chi connectivity index (χ0v) is 9.51. The number of thiophene rings is 1. The molecule has 5 nitrogen and oxygen atoms in total. The van der Waals surface area contributed by atoms with E-state index in [1.165, 1.54) is 11.4 Å². The van der Waals surface area contributed by atoms with Crippen molar-refractivity contribution in [2.45, 2.75) is 18.8 Å². The quantitative estimate of drug-likeness (QED) is 0.849. The molecule has 2 rings (SSSR count). The van der Waals surface area contributed by atoms with Crippen LogP contribution in [0.5, 0.6) is 0 Å². The van der Waals surface area contributed by atoms with Crippen LogP contribution in [0.2, 0.25) is 0 Å². The molecule has 2 aromatic rings. The molecule has 0 aliphatic carbocycles. The van der Waals surface area contributed by atoms with Gasteiger partial charge in [0.05, 0.1) is 11.9 Å². The number of fused-ring (bicyclic) bond motifs is 1. The van der Waals surface area contributed by atoms with E-state index in [1.807, 2.05) is 4.98 Å². The van der Waals surface area contributed by atoms with Gasteiger partial charge in [-0.2, -0.15) is 13.2 Å². The molecule has 0 radical (unpaired) electrons. The number of halogens is 3. The molecule has 18 heavy (non-hydrogen) atoms. The second-order valence-corrected chi connectivity index (χ2v) is 4.46. The van der Waals surface area contributed by atoms with Crippen molar-refractivity contribution < 1.29 is 18.3 Å². The Morgan fingerprint density at radius 1 is 1.44 bits per heavy atom. The summed E-state index contributed by atoms with van der Waals surface area (Å²) in [6.07, 6.45) is -7.48. The predicted molar refractivity (Wildman–Crippen MR) is 58.8 cm³/mol. The van der Waals surface area contributed by atoms with Gasteiger partial charge >= 0.3 is 11.9 Å². The number of aliphatic hydroxyl groups excluding tert-OH is 1. The van der Waals surface area contributed by atoms with Crippen molar-refractivity contribution in [1.29, 1.82) is 0 Å². The predicted octanol–water partition coefficient (Wildman–Crippen LogP) is 0.675. The van der Waals surface area contributed by atoms with Crippen LogP contribution in [0.15, 0.2) is 21.0 Å². The van der Waals surface area contributed by atoms with Gasteiger partial charge in [-0.25, -0.2) is 4.79 Å². The number of H-pyrrole nitrogens is 1. The highest BCUT2D eigenvalue weighted by Gasteiger charge is 2.38. The Balaban J connectivity index is 2.55. The van der Waals surface area contributed by atoms with Crippen LogP contribution in [0.4, 0.5) is 13.2 Å². The Morgan fingerprint density at radius 2 is 2.11 bits per heavy atom. The average molecular weight is 280 g/mol. The third kappa shape index (κ3) is 2.18. The minimum absolute atomic E-state index is 0.104. The molecular weight excluding hydrogens is 273 g/mol. The molecule has 2 aromatic heterocycles. The van der Waals surface area contributed by atoms with Crippen LogP contribution in [-0.2, 0) is 6.54 Å². The van der Waals surface area contributed by atoms with Crippen LogP contribution in [0.25, 0.3) is 10.2 Å². The smallest absolute Gasteiger partial charge is 0.382 e. The van der Waals surface area contributed by atoms with Gasteiger partial charge in [-0.1, -0.05) is 0 Å². The molecule has 0 aliphatic rings. The average Bonchev–Trinajstić information content (AvgIpc) is 2.71. The van der Waals surface area contributed by atoms with E-state index in [0.29, 0.717) is 4.57 Å². The van der Waals surface area contributed by atoms with Crippen molar-refractivity contribution in [1.82, 2.24) is 9.55 Å². The lowest BCUT2D eigenvalue weighted by molar-refractivity contribution is -0.207. The van der Waals surface area contributed by atoms with Gasteiger partial charge in [-0.05, 0) is 11.4 Å². The molecule has 2 N–H and O–H groups in total. The molecular formula is C9H7F3N2O3S. The molecule has 0 saturated carbocycles. The molecule has 9 heteroatoms. The zero-order chi connectivity index (χ0) is 13.5. The number of nitrogens with zero attached hydrogens (tertiary/aromatic N) is 1. The lowest BCUT2D eigenvalue weighted by atomic mass is 10.3. The van der Waals surface area contributed by atoms with Crippen LogP contribution >= 0.6 is 11.3 Å². The highest BCUT2D eigenvalue weighted by atomic mass is 32.1. The number of rotatable bonds is 2. The number of aromatic nitrogens is 2. The first-order valence-corrected chi connectivity index (χ1v) is 5.64. The Labute approximate surface area is 101 Å². The lowest BCUT2D eigenvalue weighted by Crippen LogP contribution is -2.38. The summed E-state index contributed by atoms with van der Waals surface area (Å²) in [6.45, 7) is -0.948. The summed E-state index contributed by atoms with van der Waals surface area (Å²) < 4.78 is 37.4. The van der Waals surface area contributed by atoms with Gasteiger partial charge in [-0.15, -0.1) is 11.3 Å². The maximum Gasteiger partial charge on any atom is 0.416 e. The van der Waals surface area contributed by atoms with Gasteiger partial charge in [0.1, 0.15) is 4.83 Å². The first kappa shape index (κ1) is 12.8. The van der Waals surface area contributed by atoms with Gasteiger partial charge in [0.15, 0.2) is 6.10 Å². The number of nitrogens with one attached hydrogen (secondary N) is 1. The number of hydrogen-bond donors (Lipinski definition) is 2. The summed E-state index contributed by atoms with van der Waals surface area (Å²) in [6, 6.07) is 1.40. The minimum Gasteiger partial charge on any atom is -0.382 e. The van der Waals surface area contributed by atoms with E-state index >= 15 is 0 Å². The highest BCUT2D eigenvalue weighted by Crippen LogP contribution is 2.22. The summed E-state index contributed by atoms with van der Waals surface area (Å²) in [5.41, 5.74) is -1.63. The largest absolute Gasteiger partial charge is 0.416 e. The Bertz CT molecular complexity index is 685. The molecule has 1 atom stereocenters. The Hall–Kier alpha value is -1.61. The second kappa shape index (κ2) is 4.25. The number of aliphatic hydroxyl groups is 1. The minimum atomic E-state index is -4.82. The molecule has 0 aromatic carbocycles. The van der Waals surface area contributed by atoms with Crippen LogP contribution < -0.4 is 11.2 Å². The molecule has 0 saturated heterocycles. The van der Waals surface area contributed by atoms with Gasteiger partial charge < -0.3 is 5.11 Å². The van der Waals surface area contributed by atoms with Gasteiger partial charge in [0.25, 0.3) is 5.56 Å². The fraction of sp³-hybridized carbons (Fsp3) is 0.333. The molecule has 2 heterocycles. The second-order valence-electron chi connectivity index (χ2n) is 3.57. The van der Waals surface area contributed by atoms with Crippen molar-refractivity contribution in [2.75, 3.05) is 0 Å². The fourth-order valence-electron chi connectivity index (χ4n) is 1.45. The van der Waals surface area contributed by atoms with E-state index in [1.54, 1.807) is 0 Å². The summed E-state index contributed by atoms with van der Waals surface area (Å²) in [4.78, 5) is 24.8. The summed E-state index contributed by atoms with van der Waals surface area (Å²) in [5.74, 6) is 0. The summed E-state index contributed by atoms with van der Waals surface area (Å²) >= 11 is 0.959. The number of alkyl halides is 3. The monoisotopic (exact) mass is 280 g/mol. The maximum atomic E-state index is 12.2. The molecule has 0 aliphatic heterocycles. The van der Waals surface area contributed by atoms with E-state index < -0.39 is 30.1 Å². The van der Waals surface area contributed by atoms with Crippen molar-refractivity contribution in [2.24, 2.45) is 0 Å². The Morgan fingerprint density at radius 3 is 2.72 bits per heavy atom. The van der Waals surface area contributed by atoms with E-state index in [9.17, 15) is 22.8 Å². The first-order valence-electron chi connectivity index (χ1n) is 4.76. The molecule has 0 amide bonds. The van der Waals surface area contributed by atoms with Gasteiger partial charge in [0.2, 0.25) is 0 Å². The van der Waals surface area contributed by atoms with E-state index in [0.717, 1.165) is 11.3 Å². The van der Waals surface area contributed by atoms with Crippen LogP contribution in [0, 0.1) is 0 Å². The van der Waals surface area contributed by atoms with Crippen LogP contribution in [0.3, 0.4) is 0 Å². The third-order valence-electron chi connectivity index (χ3n) is 2.33. The van der Waals surface area contributed by atoms with Crippen molar-refractivity contribution >= 4 is 21.6 Å². The fourth-order valence-corrected chi connectivity index (χ4v) is 2.35. The van der Waals surface area contributed by atoms with Gasteiger partial charge in [-0.3, -0.25) is 14.3 Å². The molecule has 1 unspecified atom stereocenters. The number of aromatic amines is 1. The third-order valence-corrected chi connectivity index (χ3v) is 3.27. The summed E-state index contributed by atoms with van der Waals surface area (Å²) in [7, 11) is 0. The Kier molecular flexibility index (Phi) is 3.03. The molecule has 98 valence electrons. The highest BCUT2D eigenvalue weighted by molar-refractivity contribution is 7.16. The van der Waals surface area contributed by atoms with Crippen molar-refractivity contribution in [3.05, 3.63) is 32.3 Å². The van der Waals surface area contributed by atoms with Crippen molar-refractivity contribution in [3.8, 4) is 0 Å². The topological polar surface area (TPSA) is 75.1 Å². The standard InChI is InChI=1S/C9H7F3N2O3S/c10-9(11,12)5(15)3-14-7-4(1-2-18-7)6(16)13-8(14)17/h1-2,5,15H,3H2,(H,13,16,17). The van der Waals surface area contributed by atoms with E-state index in [4.69, 9.17) is 5.11 Å². The van der Waals surface area contributed by atoms with Crippen molar-refractivity contribution in [3.63, 3.8) is 0 Å². The summed E-state index contributed by atoms with van der Waals surface area (Å²) in [5, 5.41) is 10.6. The van der Waals surface area contributed by atoms with E-state index in [2.05, 4.69) is 0 Å². The molecule has 0 fully saturated rings. The normalized spacial score (nSPS) is 14.0.